The molecule has 146 valence electrons. The highest BCUT2D eigenvalue weighted by Gasteiger charge is 2.27. The van der Waals surface area contributed by atoms with Crippen molar-refractivity contribution in [2.45, 2.75) is 19.8 Å². The number of hydrogen-bond acceptors (Lipinski definition) is 5. The standard InChI is InChI=1S/C21H25N5O2/c1-15-13-17(16(22)14-19(15)27)23-20-18-7-3-4-8-25(18)24-21(20)28-12-11-26(2)9-5-6-10-26/h3-4,7-8,13-14H,5-6,9-12H2,1-2H3,(H-,22,27)/p+1. The fourth-order valence-electron chi connectivity index (χ4n) is 3.76. The molecule has 0 unspecified atom stereocenters. The Morgan fingerprint density at radius 3 is 2.86 bits per heavy atom. The topological polar surface area (TPSA) is 82.0 Å². The normalized spacial score (nSPS) is 20.5. The third-order valence-corrected chi connectivity index (χ3v) is 5.56. The quantitative estimate of drug-likeness (QED) is 0.638. The maximum atomic E-state index is 11.8. The molecule has 2 N–H and O–H groups in total. The van der Waals surface area contributed by atoms with Gasteiger partial charge >= 0.3 is 0 Å². The first-order valence-electron chi connectivity index (χ1n) is 9.68. The first kappa shape index (κ1) is 18.4. The number of nitrogens with zero attached hydrogens (tertiary/aromatic N) is 4. The molecule has 2 aromatic rings. The van der Waals surface area contributed by atoms with Crippen molar-refractivity contribution < 1.29 is 14.0 Å². The summed E-state index contributed by atoms with van der Waals surface area (Å²) in [7, 11) is 2.28. The van der Waals surface area contributed by atoms with Crippen molar-refractivity contribution in [3.63, 3.8) is 0 Å². The fraction of sp³-hybridized carbons (Fsp3) is 0.381. The highest BCUT2D eigenvalue weighted by Crippen LogP contribution is 2.33. The Bertz CT molecular complexity index is 1010. The van der Waals surface area contributed by atoms with Crippen molar-refractivity contribution in [3.8, 4) is 5.88 Å². The van der Waals surface area contributed by atoms with Crippen molar-refractivity contribution in [1.82, 2.24) is 9.61 Å². The number of pyridine rings is 1. The van der Waals surface area contributed by atoms with E-state index in [4.69, 9.17) is 15.5 Å². The van der Waals surface area contributed by atoms with Crippen LogP contribution in [0.2, 0.25) is 0 Å². The lowest BCUT2D eigenvalue weighted by molar-refractivity contribution is -0.897. The van der Waals surface area contributed by atoms with Crippen LogP contribution < -0.4 is 10.5 Å². The first-order chi connectivity index (χ1) is 13.5. The molecule has 0 aromatic carbocycles. The Balaban J connectivity index is 1.65. The lowest BCUT2D eigenvalue weighted by atomic mass is 10.0. The van der Waals surface area contributed by atoms with Gasteiger partial charge in [-0.3, -0.25) is 4.79 Å². The molecular formula is C21H26N5O2+. The van der Waals surface area contributed by atoms with E-state index in [-0.39, 0.29) is 5.78 Å². The smallest absolute Gasteiger partial charge is 0.260 e. The highest BCUT2D eigenvalue weighted by atomic mass is 16.5. The van der Waals surface area contributed by atoms with E-state index in [1.165, 1.54) is 32.0 Å². The lowest BCUT2D eigenvalue weighted by Gasteiger charge is -2.28. The predicted molar refractivity (Wildman–Crippen MR) is 109 cm³/mol. The van der Waals surface area contributed by atoms with Gasteiger partial charge in [-0.2, -0.15) is 0 Å². The van der Waals surface area contributed by atoms with Crippen molar-refractivity contribution in [2.24, 2.45) is 10.7 Å². The summed E-state index contributed by atoms with van der Waals surface area (Å²) in [6.45, 7) is 5.68. The van der Waals surface area contributed by atoms with Gasteiger partial charge in [-0.05, 0) is 30.7 Å². The van der Waals surface area contributed by atoms with Crippen LogP contribution in [-0.2, 0) is 4.79 Å². The average Bonchev–Trinajstić information content (AvgIpc) is 3.24. The molecule has 28 heavy (non-hydrogen) atoms. The van der Waals surface area contributed by atoms with Gasteiger partial charge in [0.25, 0.3) is 5.88 Å². The number of likely N-dealkylation sites (tertiary alicyclic amines) is 1. The van der Waals surface area contributed by atoms with Gasteiger partial charge in [0.2, 0.25) is 0 Å². The second-order valence-electron chi connectivity index (χ2n) is 7.82. The lowest BCUT2D eigenvalue weighted by Crippen LogP contribution is -2.43. The molecule has 0 bridgehead atoms. The van der Waals surface area contributed by atoms with Crippen LogP contribution in [0.5, 0.6) is 5.88 Å². The average molecular weight is 380 g/mol. The monoisotopic (exact) mass is 380 g/mol. The Labute approximate surface area is 164 Å². The van der Waals surface area contributed by atoms with Crippen molar-refractivity contribution >= 4 is 22.7 Å². The molecule has 1 fully saturated rings. The molecule has 0 amide bonds. The van der Waals surface area contributed by atoms with E-state index in [1.807, 2.05) is 24.4 Å². The summed E-state index contributed by atoms with van der Waals surface area (Å²) >= 11 is 0. The maximum Gasteiger partial charge on any atom is 0.260 e. The molecule has 4 rings (SSSR count). The molecule has 1 saturated heterocycles. The summed E-state index contributed by atoms with van der Waals surface area (Å²) in [5, 5.41) is 4.56. The maximum absolute atomic E-state index is 11.8. The van der Waals surface area contributed by atoms with Crippen molar-refractivity contribution in [1.29, 1.82) is 0 Å². The molecule has 7 nitrogen and oxygen atoms in total. The van der Waals surface area contributed by atoms with Gasteiger partial charge in [0.1, 0.15) is 13.2 Å². The number of aromatic nitrogens is 2. The van der Waals surface area contributed by atoms with E-state index in [2.05, 4.69) is 12.1 Å². The fourth-order valence-corrected chi connectivity index (χ4v) is 3.76. The highest BCUT2D eigenvalue weighted by molar-refractivity contribution is 6.22. The van der Waals surface area contributed by atoms with E-state index in [0.29, 0.717) is 35.2 Å². The molecule has 7 heteroatoms. The van der Waals surface area contributed by atoms with Gasteiger partial charge in [0, 0.05) is 25.1 Å². The van der Waals surface area contributed by atoms with Crippen molar-refractivity contribution in [3.05, 3.63) is 47.8 Å². The number of ether oxygens (including phenoxy) is 1. The third-order valence-electron chi connectivity index (χ3n) is 5.56. The Morgan fingerprint density at radius 2 is 2.07 bits per heavy atom. The van der Waals surface area contributed by atoms with Crippen LogP contribution >= 0.6 is 0 Å². The molecule has 0 atom stereocenters. The minimum absolute atomic E-state index is 0.0876. The Hall–Kier alpha value is -2.93. The third kappa shape index (κ3) is 3.57. The second-order valence-corrected chi connectivity index (χ2v) is 7.82. The number of fused-ring (bicyclic) bond motifs is 1. The zero-order chi connectivity index (χ0) is 19.7. The number of hydrogen-bond donors (Lipinski definition) is 1. The number of rotatable bonds is 5. The Morgan fingerprint density at radius 1 is 1.29 bits per heavy atom. The molecule has 1 aliphatic heterocycles. The van der Waals surface area contributed by atoms with Crippen LogP contribution in [0.1, 0.15) is 19.8 Å². The van der Waals surface area contributed by atoms with E-state index >= 15 is 0 Å². The summed E-state index contributed by atoms with van der Waals surface area (Å²) in [6, 6.07) is 5.79. The minimum atomic E-state index is -0.0876. The SMILES string of the molecule is CC1=CC(=Nc2c(OCC[N+]3(C)CCCC3)nn3ccccc23)C(N)=CC1=O. The van der Waals surface area contributed by atoms with E-state index in [9.17, 15) is 4.79 Å². The summed E-state index contributed by atoms with van der Waals surface area (Å²) in [5.41, 5.74) is 9.02. The molecule has 0 spiro atoms. The molecular weight excluding hydrogens is 354 g/mol. The molecule has 0 radical (unpaired) electrons. The number of quaternary nitrogens is 1. The van der Waals surface area contributed by atoms with Crippen LogP contribution in [0.3, 0.4) is 0 Å². The van der Waals surface area contributed by atoms with Crippen molar-refractivity contribution in [2.75, 3.05) is 33.3 Å². The molecule has 1 aliphatic carbocycles. The van der Waals surface area contributed by atoms with Gasteiger partial charge in [-0.15, -0.1) is 5.10 Å². The first-order valence-corrected chi connectivity index (χ1v) is 9.68. The zero-order valence-electron chi connectivity index (χ0n) is 16.4. The molecule has 2 aliphatic rings. The van der Waals surface area contributed by atoms with Crippen LogP contribution in [-0.4, -0.2) is 58.9 Å². The number of ketones is 1. The minimum Gasteiger partial charge on any atom is -0.469 e. The van der Waals surface area contributed by atoms with Crippen LogP contribution in [0, 0.1) is 0 Å². The summed E-state index contributed by atoms with van der Waals surface area (Å²) in [5.74, 6) is 0.399. The van der Waals surface area contributed by atoms with E-state index < -0.39 is 0 Å². The number of allylic oxidation sites excluding steroid dienone is 3. The van der Waals surface area contributed by atoms with E-state index in [0.717, 1.165) is 16.5 Å². The van der Waals surface area contributed by atoms with Gasteiger partial charge in [-0.25, -0.2) is 9.51 Å². The van der Waals surface area contributed by atoms with Gasteiger partial charge in [0.05, 0.1) is 37.1 Å². The largest absolute Gasteiger partial charge is 0.469 e. The van der Waals surface area contributed by atoms with Gasteiger partial charge in [0.15, 0.2) is 11.5 Å². The second kappa shape index (κ2) is 7.24. The predicted octanol–water partition coefficient (Wildman–Crippen LogP) is 2.40. The number of likely N-dealkylation sites (N-methyl/N-ethyl adjacent to an activating group) is 1. The number of carbonyl (C=O) groups is 1. The molecule has 2 aromatic heterocycles. The number of carbonyl (C=O) groups excluding carboxylic acids is 1. The summed E-state index contributed by atoms with van der Waals surface area (Å²) in [4.78, 5) is 16.5. The number of nitrogens with two attached hydrogens (primary N) is 1. The van der Waals surface area contributed by atoms with Gasteiger partial charge < -0.3 is 15.0 Å². The molecule has 0 saturated carbocycles. The number of aliphatic imine (C=N–C) groups is 1. The summed E-state index contributed by atoms with van der Waals surface area (Å²) in [6.07, 6.45) is 7.55. The molecule has 3 heterocycles. The Kier molecular flexibility index (Phi) is 4.77. The van der Waals surface area contributed by atoms with Crippen LogP contribution in [0.15, 0.2) is 52.8 Å². The van der Waals surface area contributed by atoms with Gasteiger partial charge in [-0.1, -0.05) is 6.07 Å². The van der Waals surface area contributed by atoms with E-state index in [1.54, 1.807) is 17.5 Å². The van der Waals surface area contributed by atoms with Crippen LogP contribution in [0.4, 0.5) is 5.69 Å². The summed E-state index contributed by atoms with van der Waals surface area (Å²) < 4.78 is 8.87. The zero-order valence-corrected chi connectivity index (χ0v) is 16.4. The van der Waals surface area contributed by atoms with Crippen LogP contribution in [0.25, 0.3) is 5.52 Å².